The van der Waals surface area contributed by atoms with E-state index < -0.39 is 0 Å². The van der Waals surface area contributed by atoms with Crippen LogP contribution in [0.25, 0.3) is 21.5 Å². The van der Waals surface area contributed by atoms with Gasteiger partial charge in [0.25, 0.3) is 0 Å². The number of fused-ring (bicyclic) bond motifs is 7. The quantitative estimate of drug-likeness (QED) is 0.185. The second-order valence-corrected chi connectivity index (χ2v) is 14.3. The highest BCUT2D eigenvalue weighted by atomic mass is 15.2. The third kappa shape index (κ3) is 3.91. The molecule has 0 saturated heterocycles. The molecule has 228 valence electrons. The van der Waals surface area contributed by atoms with Crippen LogP contribution in [-0.2, 0) is 10.8 Å². The molecule has 2 heteroatoms. The Labute approximate surface area is 277 Å². The van der Waals surface area contributed by atoms with Gasteiger partial charge in [-0.25, -0.2) is 0 Å². The molecule has 0 amide bonds. The summed E-state index contributed by atoms with van der Waals surface area (Å²) in [6, 6.07) is 51.9. The van der Waals surface area contributed by atoms with Gasteiger partial charge in [0.1, 0.15) is 0 Å². The van der Waals surface area contributed by atoms with E-state index in [-0.39, 0.29) is 10.8 Å². The highest BCUT2D eigenvalue weighted by Gasteiger charge is 2.45. The van der Waals surface area contributed by atoms with Gasteiger partial charge in [-0.1, -0.05) is 125 Å². The number of hydrogen-bond acceptors (Lipinski definition) is 2. The third-order valence-electron chi connectivity index (χ3n) is 10.8. The van der Waals surface area contributed by atoms with E-state index in [0.717, 1.165) is 11.4 Å². The molecular weight excluding hydrogens is 569 g/mol. The Balaban J connectivity index is 1.33. The number of benzene rings is 7. The van der Waals surface area contributed by atoms with E-state index >= 15 is 0 Å². The minimum absolute atomic E-state index is 0.0922. The average Bonchev–Trinajstić information content (AvgIpc) is 3.08. The molecule has 7 aromatic rings. The molecule has 0 saturated carbocycles. The van der Waals surface area contributed by atoms with Crippen molar-refractivity contribution >= 4 is 55.7 Å². The van der Waals surface area contributed by atoms with Crippen LogP contribution >= 0.6 is 0 Å². The van der Waals surface area contributed by atoms with Crippen LogP contribution in [0.15, 0.2) is 140 Å². The zero-order valence-corrected chi connectivity index (χ0v) is 27.7. The van der Waals surface area contributed by atoms with Crippen molar-refractivity contribution < 1.29 is 0 Å². The van der Waals surface area contributed by atoms with Gasteiger partial charge in [0.05, 0.1) is 22.7 Å². The molecule has 47 heavy (non-hydrogen) atoms. The van der Waals surface area contributed by atoms with Crippen LogP contribution in [0.1, 0.15) is 55.5 Å². The fraction of sp³-hybridized carbons (Fsp3) is 0.156. The van der Waals surface area contributed by atoms with Crippen LogP contribution in [0.3, 0.4) is 0 Å². The van der Waals surface area contributed by atoms with Crippen LogP contribution < -0.4 is 9.80 Å². The smallest absolute Gasteiger partial charge is 0.0546 e. The lowest BCUT2D eigenvalue weighted by Gasteiger charge is -2.49. The van der Waals surface area contributed by atoms with Crippen LogP contribution in [-0.4, -0.2) is 0 Å². The van der Waals surface area contributed by atoms with Gasteiger partial charge in [-0.2, -0.15) is 0 Å². The maximum absolute atomic E-state index is 2.54. The van der Waals surface area contributed by atoms with Crippen molar-refractivity contribution in [3.63, 3.8) is 0 Å². The molecule has 0 atom stereocenters. The fourth-order valence-electron chi connectivity index (χ4n) is 8.42. The van der Waals surface area contributed by atoms with E-state index in [2.05, 4.69) is 184 Å². The van der Waals surface area contributed by atoms with Gasteiger partial charge in [0, 0.05) is 27.6 Å². The number of nitrogens with zero attached hydrogens (tertiary/aromatic N) is 2. The first kappa shape index (κ1) is 27.9. The van der Waals surface area contributed by atoms with Crippen molar-refractivity contribution in [1.82, 2.24) is 0 Å². The molecule has 0 N–H and O–H groups in total. The van der Waals surface area contributed by atoms with Crippen LogP contribution in [0.4, 0.5) is 34.1 Å². The zero-order chi connectivity index (χ0) is 32.1. The standard InChI is InChI=1S/C45H38N2/c1-29-14-12-16-31(26-29)46(42-27-30-15-6-7-17-33(30)34-18-8-9-19-35(34)42)32-24-25-41-39(28-32)45(4,5)38-22-13-21-37-43(38)47(41)40-23-11-10-20-36(40)44(37,2)3/h6-28H,1-5H3. The minimum atomic E-state index is -0.209. The molecule has 0 fully saturated rings. The summed E-state index contributed by atoms with van der Waals surface area (Å²) < 4.78 is 0. The molecule has 0 unspecified atom stereocenters. The lowest BCUT2D eigenvalue weighted by atomic mass is 9.66. The number of para-hydroxylation sites is 2. The Kier molecular flexibility index (Phi) is 5.84. The highest BCUT2D eigenvalue weighted by Crippen LogP contribution is 2.60. The molecule has 0 radical (unpaired) electrons. The van der Waals surface area contributed by atoms with Gasteiger partial charge >= 0.3 is 0 Å². The van der Waals surface area contributed by atoms with Crippen LogP contribution in [0.2, 0.25) is 0 Å². The molecule has 2 aliphatic heterocycles. The molecule has 2 nitrogen and oxygen atoms in total. The Bertz CT molecular complexity index is 2400. The second-order valence-electron chi connectivity index (χ2n) is 14.3. The topological polar surface area (TPSA) is 6.48 Å². The van der Waals surface area contributed by atoms with Crippen molar-refractivity contribution in [2.45, 2.75) is 45.4 Å². The van der Waals surface area contributed by atoms with Gasteiger partial charge < -0.3 is 9.80 Å². The zero-order valence-electron chi connectivity index (χ0n) is 27.7. The Hall–Kier alpha value is -5.34. The molecular formula is C45H38N2. The van der Waals surface area contributed by atoms with Crippen LogP contribution in [0, 0.1) is 6.92 Å². The van der Waals surface area contributed by atoms with Gasteiger partial charge in [-0.05, 0) is 93.4 Å². The summed E-state index contributed by atoms with van der Waals surface area (Å²) in [5, 5.41) is 5.03. The van der Waals surface area contributed by atoms with E-state index in [1.807, 2.05) is 0 Å². The second kappa shape index (κ2) is 9.83. The molecule has 0 aromatic heterocycles. The summed E-state index contributed by atoms with van der Waals surface area (Å²) in [7, 11) is 0. The first-order valence-corrected chi connectivity index (χ1v) is 16.7. The summed E-state index contributed by atoms with van der Waals surface area (Å²) in [4.78, 5) is 5.01. The van der Waals surface area contributed by atoms with Crippen molar-refractivity contribution in [2.24, 2.45) is 0 Å². The molecule has 0 aliphatic carbocycles. The molecule has 2 aliphatic rings. The molecule has 7 aromatic carbocycles. The monoisotopic (exact) mass is 606 g/mol. The maximum Gasteiger partial charge on any atom is 0.0546 e. The summed E-state index contributed by atoms with van der Waals surface area (Å²) in [6.45, 7) is 11.7. The summed E-state index contributed by atoms with van der Waals surface area (Å²) in [6.07, 6.45) is 0. The van der Waals surface area contributed by atoms with E-state index in [1.165, 1.54) is 72.1 Å². The average molecular weight is 607 g/mol. The van der Waals surface area contributed by atoms with Gasteiger partial charge in [0.2, 0.25) is 0 Å². The summed E-state index contributed by atoms with van der Waals surface area (Å²) in [5.41, 5.74) is 13.8. The fourth-order valence-corrected chi connectivity index (χ4v) is 8.42. The number of hydrogen-bond donors (Lipinski definition) is 0. The number of rotatable bonds is 3. The number of aryl methyl sites for hydroxylation is 1. The molecule has 9 rings (SSSR count). The predicted molar refractivity (Wildman–Crippen MR) is 200 cm³/mol. The third-order valence-corrected chi connectivity index (χ3v) is 10.8. The minimum Gasteiger partial charge on any atom is -0.310 e. The van der Waals surface area contributed by atoms with E-state index in [9.17, 15) is 0 Å². The van der Waals surface area contributed by atoms with E-state index in [0.29, 0.717) is 0 Å². The number of anilines is 6. The first-order valence-electron chi connectivity index (χ1n) is 16.7. The van der Waals surface area contributed by atoms with E-state index in [4.69, 9.17) is 0 Å². The Morgan fingerprint density at radius 2 is 1.06 bits per heavy atom. The van der Waals surface area contributed by atoms with Crippen molar-refractivity contribution in [3.05, 3.63) is 167 Å². The lowest BCUT2D eigenvalue weighted by Crippen LogP contribution is -2.38. The lowest BCUT2D eigenvalue weighted by molar-refractivity contribution is 0.597. The molecule has 0 spiro atoms. The van der Waals surface area contributed by atoms with Crippen molar-refractivity contribution in [2.75, 3.05) is 9.80 Å². The van der Waals surface area contributed by atoms with Crippen molar-refractivity contribution in [3.8, 4) is 0 Å². The Morgan fingerprint density at radius 3 is 1.85 bits per heavy atom. The summed E-state index contributed by atoms with van der Waals surface area (Å²) >= 11 is 0. The van der Waals surface area contributed by atoms with Gasteiger partial charge in [-0.3, -0.25) is 0 Å². The van der Waals surface area contributed by atoms with Gasteiger partial charge in [-0.15, -0.1) is 0 Å². The normalized spacial score (nSPS) is 15.2. The molecule has 0 bridgehead atoms. The first-order chi connectivity index (χ1) is 22.7. The largest absolute Gasteiger partial charge is 0.310 e. The predicted octanol–water partition coefficient (Wildman–Crippen LogP) is 12.5. The van der Waals surface area contributed by atoms with Crippen molar-refractivity contribution in [1.29, 1.82) is 0 Å². The van der Waals surface area contributed by atoms with Gasteiger partial charge in [0.15, 0.2) is 0 Å². The van der Waals surface area contributed by atoms with Crippen LogP contribution in [0.5, 0.6) is 0 Å². The molecule has 2 heterocycles. The SMILES string of the molecule is Cc1cccc(N(c2ccc3c(c2)C(C)(C)c2cccc4c2N3c2ccccc2C4(C)C)c2cc3ccccc3c3ccccc23)c1. The summed E-state index contributed by atoms with van der Waals surface area (Å²) in [5.74, 6) is 0. The Morgan fingerprint density at radius 1 is 0.468 bits per heavy atom. The highest BCUT2D eigenvalue weighted by molar-refractivity contribution is 6.14. The van der Waals surface area contributed by atoms with E-state index in [1.54, 1.807) is 0 Å². The maximum atomic E-state index is 2.54.